The van der Waals surface area contributed by atoms with Crippen molar-refractivity contribution in [2.24, 2.45) is 5.92 Å². The molecule has 2 amide bonds. The number of nitrogens with zero attached hydrogens (tertiary/aromatic N) is 1. The summed E-state index contributed by atoms with van der Waals surface area (Å²) in [5, 5.41) is 2.72. The Morgan fingerprint density at radius 2 is 1.85 bits per heavy atom. The maximum absolute atomic E-state index is 12.8. The van der Waals surface area contributed by atoms with E-state index in [-0.39, 0.29) is 10.8 Å². The average Bonchev–Trinajstić information content (AvgIpc) is 2.84. The molecule has 0 bridgehead atoms. The zero-order valence-electron chi connectivity index (χ0n) is 16.0. The van der Waals surface area contributed by atoms with Gasteiger partial charge in [-0.15, -0.1) is 11.3 Å². The monoisotopic (exact) mass is 448 g/mol. The molecule has 1 rings (SSSR count). The fraction of sp³-hybridized carbons (Fsp3) is 0.588. The normalized spacial score (nSPS) is 12.5. The van der Waals surface area contributed by atoms with E-state index in [0.29, 0.717) is 9.47 Å². The molecule has 0 aliphatic carbocycles. The highest BCUT2D eigenvalue weighted by Gasteiger charge is 2.33. The summed E-state index contributed by atoms with van der Waals surface area (Å²) < 4.78 is 10.8. The minimum atomic E-state index is -0.769. The van der Waals surface area contributed by atoms with Crippen LogP contribution in [0.5, 0.6) is 0 Å². The van der Waals surface area contributed by atoms with Crippen LogP contribution in [0.25, 0.3) is 0 Å². The Bertz CT molecular complexity index is 681. The lowest BCUT2D eigenvalue weighted by atomic mass is 10.0. The van der Waals surface area contributed by atoms with Crippen molar-refractivity contribution in [2.75, 3.05) is 19.5 Å². The highest BCUT2D eigenvalue weighted by Crippen LogP contribution is 2.32. The summed E-state index contributed by atoms with van der Waals surface area (Å²) >= 11 is 4.45. The molecular formula is C17H25BrN2O5S. The Morgan fingerprint density at radius 3 is 2.31 bits per heavy atom. The first-order chi connectivity index (χ1) is 11.9. The van der Waals surface area contributed by atoms with Crippen molar-refractivity contribution in [3.8, 4) is 0 Å². The number of hydrogen-bond acceptors (Lipinski definition) is 6. The van der Waals surface area contributed by atoms with Crippen molar-refractivity contribution in [1.29, 1.82) is 0 Å². The van der Waals surface area contributed by atoms with Crippen LogP contribution < -0.4 is 5.32 Å². The third-order valence-electron chi connectivity index (χ3n) is 3.33. The summed E-state index contributed by atoms with van der Waals surface area (Å²) in [7, 11) is 2.79. The van der Waals surface area contributed by atoms with E-state index in [4.69, 9.17) is 9.47 Å². The third kappa shape index (κ3) is 5.98. The van der Waals surface area contributed by atoms with E-state index < -0.39 is 29.6 Å². The van der Waals surface area contributed by atoms with Gasteiger partial charge in [-0.2, -0.15) is 0 Å². The number of hydrogen-bond donors (Lipinski definition) is 1. The number of nitrogens with one attached hydrogen (secondary N) is 1. The molecule has 146 valence electrons. The second-order valence-corrected chi connectivity index (χ2v) is 9.49. The Morgan fingerprint density at radius 1 is 1.27 bits per heavy atom. The molecule has 0 spiro atoms. The SMILES string of the molecule is COC(=O)c1sc(Br)cc1NC(=O)[C@H](C(C)C)N(C)C(=O)OC(C)(C)C. The number of likely N-dealkylation sites (N-methyl/N-ethyl adjacent to an activating group) is 1. The summed E-state index contributed by atoms with van der Waals surface area (Å²) in [5.41, 5.74) is -0.332. The molecule has 1 aromatic heterocycles. The van der Waals surface area contributed by atoms with E-state index in [1.807, 2.05) is 13.8 Å². The maximum Gasteiger partial charge on any atom is 0.410 e. The zero-order valence-corrected chi connectivity index (χ0v) is 18.4. The summed E-state index contributed by atoms with van der Waals surface area (Å²) in [4.78, 5) is 38.6. The molecule has 0 aromatic carbocycles. The number of rotatable bonds is 5. The molecule has 7 nitrogen and oxygen atoms in total. The molecule has 0 saturated carbocycles. The van der Waals surface area contributed by atoms with Crippen LogP contribution in [0.1, 0.15) is 44.3 Å². The van der Waals surface area contributed by atoms with Gasteiger partial charge in [0.25, 0.3) is 0 Å². The Kier molecular flexibility index (Phi) is 7.64. The molecule has 0 fully saturated rings. The van der Waals surface area contributed by atoms with Crippen molar-refractivity contribution < 1.29 is 23.9 Å². The van der Waals surface area contributed by atoms with Gasteiger partial charge in [0.2, 0.25) is 5.91 Å². The Labute approximate surface area is 166 Å². The second kappa shape index (κ2) is 8.85. The van der Waals surface area contributed by atoms with Crippen molar-refractivity contribution in [3.05, 3.63) is 14.7 Å². The topological polar surface area (TPSA) is 84.9 Å². The first-order valence-electron chi connectivity index (χ1n) is 8.01. The van der Waals surface area contributed by atoms with Crippen LogP contribution in [-0.4, -0.2) is 48.7 Å². The number of thiophene rings is 1. The van der Waals surface area contributed by atoms with Gasteiger partial charge < -0.3 is 14.8 Å². The van der Waals surface area contributed by atoms with Crippen LogP contribution in [0.4, 0.5) is 10.5 Å². The molecule has 0 unspecified atom stereocenters. The zero-order chi connectivity index (χ0) is 20.2. The number of ether oxygens (including phenoxy) is 2. The maximum atomic E-state index is 12.8. The van der Waals surface area contributed by atoms with E-state index in [1.165, 1.54) is 19.1 Å². The molecule has 1 atom stereocenters. The Balaban J connectivity index is 3.04. The number of amides is 2. The van der Waals surface area contributed by atoms with Gasteiger partial charge in [-0.25, -0.2) is 9.59 Å². The van der Waals surface area contributed by atoms with Crippen LogP contribution in [-0.2, 0) is 14.3 Å². The van der Waals surface area contributed by atoms with Crippen LogP contribution >= 0.6 is 27.3 Å². The van der Waals surface area contributed by atoms with Gasteiger partial charge in [-0.1, -0.05) is 13.8 Å². The molecule has 1 N–H and O–H groups in total. The van der Waals surface area contributed by atoms with Crippen LogP contribution in [0.3, 0.4) is 0 Å². The largest absolute Gasteiger partial charge is 0.465 e. The molecule has 1 aromatic rings. The van der Waals surface area contributed by atoms with Gasteiger partial charge in [0.05, 0.1) is 16.6 Å². The minimum Gasteiger partial charge on any atom is -0.465 e. The first-order valence-corrected chi connectivity index (χ1v) is 9.62. The predicted molar refractivity (Wildman–Crippen MR) is 105 cm³/mol. The van der Waals surface area contributed by atoms with Crippen molar-refractivity contribution in [2.45, 2.75) is 46.3 Å². The number of methoxy groups -OCH3 is 1. The molecule has 26 heavy (non-hydrogen) atoms. The quantitative estimate of drug-likeness (QED) is 0.684. The Hall–Kier alpha value is -1.61. The van der Waals surface area contributed by atoms with E-state index in [1.54, 1.807) is 26.8 Å². The number of carbonyl (C=O) groups is 3. The summed E-state index contributed by atoms with van der Waals surface area (Å²) in [6.07, 6.45) is -0.592. The minimum absolute atomic E-state index is 0.170. The first kappa shape index (κ1) is 22.4. The van der Waals surface area contributed by atoms with Crippen molar-refractivity contribution >= 4 is 50.9 Å². The number of esters is 1. The van der Waals surface area contributed by atoms with E-state index in [9.17, 15) is 14.4 Å². The van der Waals surface area contributed by atoms with Gasteiger partial charge in [-0.3, -0.25) is 9.69 Å². The van der Waals surface area contributed by atoms with Crippen LogP contribution in [0.15, 0.2) is 9.85 Å². The lowest BCUT2D eigenvalue weighted by Gasteiger charge is -2.32. The number of carbonyl (C=O) groups excluding carboxylic acids is 3. The van der Waals surface area contributed by atoms with Gasteiger partial charge in [0.15, 0.2) is 0 Å². The van der Waals surface area contributed by atoms with E-state index in [0.717, 1.165) is 11.3 Å². The van der Waals surface area contributed by atoms with Gasteiger partial charge in [0, 0.05) is 7.05 Å². The molecule has 0 aliphatic heterocycles. The summed E-state index contributed by atoms with van der Waals surface area (Å²) in [6.45, 7) is 8.93. The molecule has 0 radical (unpaired) electrons. The highest BCUT2D eigenvalue weighted by molar-refractivity contribution is 9.11. The number of anilines is 1. The third-order valence-corrected chi connectivity index (χ3v) is 4.95. The van der Waals surface area contributed by atoms with Gasteiger partial charge >= 0.3 is 12.1 Å². The summed E-state index contributed by atoms with van der Waals surface area (Å²) in [6, 6.07) is 0.855. The fourth-order valence-electron chi connectivity index (χ4n) is 2.28. The smallest absolute Gasteiger partial charge is 0.410 e. The van der Waals surface area contributed by atoms with Crippen molar-refractivity contribution in [1.82, 2.24) is 4.90 Å². The lowest BCUT2D eigenvalue weighted by molar-refractivity contribution is -0.122. The highest BCUT2D eigenvalue weighted by atomic mass is 79.9. The van der Waals surface area contributed by atoms with E-state index >= 15 is 0 Å². The second-order valence-electron chi connectivity index (χ2n) is 7.05. The predicted octanol–water partition coefficient (Wildman–Crippen LogP) is 4.13. The summed E-state index contributed by atoms with van der Waals surface area (Å²) in [5.74, 6) is -1.13. The fourth-order valence-corrected chi connectivity index (χ4v) is 3.75. The molecule has 9 heteroatoms. The van der Waals surface area contributed by atoms with Crippen molar-refractivity contribution in [3.63, 3.8) is 0 Å². The standard InChI is InChI=1S/C17H25BrN2O5S/c1-9(2)12(20(6)16(23)25-17(3,4)5)14(21)19-10-8-11(18)26-13(10)15(22)24-7/h8-9,12H,1-7H3,(H,19,21)/t12-/m0/s1. The van der Waals surface area contributed by atoms with Crippen LogP contribution in [0.2, 0.25) is 0 Å². The van der Waals surface area contributed by atoms with Crippen LogP contribution in [0, 0.1) is 5.92 Å². The van der Waals surface area contributed by atoms with Gasteiger partial charge in [-0.05, 0) is 48.7 Å². The molecule has 1 heterocycles. The molecular weight excluding hydrogens is 424 g/mol. The lowest BCUT2D eigenvalue weighted by Crippen LogP contribution is -2.49. The number of halogens is 1. The molecule has 0 saturated heterocycles. The van der Waals surface area contributed by atoms with Gasteiger partial charge in [0.1, 0.15) is 16.5 Å². The molecule has 0 aliphatic rings. The average molecular weight is 449 g/mol. The van der Waals surface area contributed by atoms with E-state index in [2.05, 4.69) is 21.2 Å².